The minimum Gasteiger partial charge on any atom is -0.368 e. The summed E-state index contributed by atoms with van der Waals surface area (Å²) in [5.41, 5.74) is 1.32. The lowest BCUT2D eigenvalue weighted by Gasteiger charge is -2.36. The van der Waals surface area contributed by atoms with Crippen LogP contribution in [0, 0.1) is 0 Å². The fourth-order valence-corrected chi connectivity index (χ4v) is 2.89. The van der Waals surface area contributed by atoms with Crippen LogP contribution in [0.15, 0.2) is 28.7 Å². The highest BCUT2D eigenvalue weighted by molar-refractivity contribution is 9.10. The molecule has 0 amide bonds. The van der Waals surface area contributed by atoms with E-state index >= 15 is 0 Å². The molecule has 2 nitrogen and oxygen atoms in total. The summed E-state index contributed by atoms with van der Waals surface area (Å²) in [5.74, 6) is 0.991. The molecule has 1 aliphatic heterocycles. The van der Waals surface area contributed by atoms with Gasteiger partial charge in [0.2, 0.25) is 0 Å². The van der Waals surface area contributed by atoms with E-state index in [0.29, 0.717) is 0 Å². The van der Waals surface area contributed by atoms with Gasteiger partial charge >= 0.3 is 0 Å². The van der Waals surface area contributed by atoms with Gasteiger partial charge in [-0.05, 0) is 46.8 Å². The normalized spacial score (nSPS) is 17.4. The lowest BCUT2D eigenvalue weighted by Crippen LogP contribution is -2.46. The van der Waals surface area contributed by atoms with Crippen LogP contribution in [-0.2, 0) is 0 Å². The van der Waals surface area contributed by atoms with Gasteiger partial charge in [-0.1, -0.05) is 12.1 Å². The summed E-state index contributed by atoms with van der Waals surface area (Å²) in [6.45, 7) is 5.75. The van der Waals surface area contributed by atoms with Crippen molar-refractivity contribution in [3.63, 3.8) is 0 Å². The summed E-state index contributed by atoms with van der Waals surface area (Å²) < 4.78 is 1.20. The van der Waals surface area contributed by atoms with Gasteiger partial charge in [0.15, 0.2) is 0 Å². The smallest absolute Gasteiger partial charge is 0.0511 e. The summed E-state index contributed by atoms with van der Waals surface area (Å²) >= 11 is 7.89. The molecule has 0 bridgehead atoms. The van der Waals surface area contributed by atoms with E-state index in [4.69, 9.17) is 0 Å². The molecule has 0 spiro atoms. The van der Waals surface area contributed by atoms with E-state index in [1.807, 2.05) is 0 Å². The predicted octanol–water partition coefficient (Wildman–Crippen LogP) is 2.89. The fraction of sp³-hybridized carbons (Fsp3) is 0.538. The lowest BCUT2D eigenvalue weighted by molar-refractivity contribution is 0.259. The van der Waals surface area contributed by atoms with Gasteiger partial charge in [0.1, 0.15) is 0 Å². The zero-order valence-electron chi connectivity index (χ0n) is 9.98. The van der Waals surface area contributed by atoms with Crippen LogP contribution in [-0.4, -0.2) is 43.4 Å². The number of anilines is 1. The second kappa shape index (κ2) is 6.66. The van der Waals surface area contributed by atoms with Gasteiger partial charge in [-0.15, -0.1) is 0 Å². The van der Waals surface area contributed by atoms with Crippen molar-refractivity contribution in [3.8, 4) is 0 Å². The Morgan fingerprint density at radius 2 is 1.82 bits per heavy atom. The van der Waals surface area contributed by atoms with Crippen molar-refractivity contribution >= 4 is 34.2 Å². The molecule has 1 aromatic carbocycles. The topological polar surface area (TPSA) is 6.48 Å². The van der Waals surface area contributed by atoms with Gasteiger partial charge in [-0.25, -0.2) is 0 Å². The number of thiol groups is 1. The molecule has 2 rings (SSSR count). The van der Waals surface area contributed by atoms with E-state index < -0.39 is 0 Å². The molecule has 0 aromatic heterocycles. The second-order valence-electron chi connectivity index (χ2n) is 4.36. The van der Waals surface area contributed by atoms with Gasteiger partial charge < -0.3 is 4.90 Å². The fourth-order valence-electron chi connectivity index (χ4n) is 2.21. The Labute approximate surface area is 118 Å². The Morgan fingerprint density at radius 3 is 2.47 bits per heavy atom. The largest absolute Gasteiger partial charge is 0.368 e. The lowest BCUT2D eigenvalue weighted by atomic mass is 10.2. The number of nitrogens with zero attached hydrogens (tertiary/aromatic N) is 2. The Morgan fingerprint density at radius 1 is 1.12 bits per heavy atom. The zero-order chi connectivity index (χ0) is 12.1. The highest BCUT2D eigenvalue weighted by Crippen LogP contribution is 2.26. The van der Waals surface area contributed by atoms with Crippen molar-refractivity contribution in [2.75, 3.05) is 43.4 Å². The van der Waals surface area contributed by atoms with Crippen molar-refractivity contribution in [2.24, 2.45) is 0 Å². The van der Waals surface area contributed by atoms with Gasteiger partial charge in [0.05, 0.1) is 5.69 Å². The molecular formula is C13H19BrN2S. The number of para-hydroxylation sites is 1. The third-order valence-corrected chi connectivity index (χ3v) is 4.18. The Kier molecular flexibility index (Phi) is 5.19. The zero-order valence-corrected chi connectivity index (χ0v) is 12.5. The molecule has 0 radical (unpaired) electrons. The minimum atomic E-state index is 0.991. The van der Waals surface area contributed by atoms with Crippen LogP contribution in [0.3, 0.4) is 0 Å². The number of rotatable bonds is 4. The maximum absolute atomic E-state index is 4.27. The third kappa shape index (κ3) is 3.63. The predicted molar refractivity (Wildman–Crippen MR) is 81.3 cm³/mol. The number of benzene rings is 1. The maximum atomic E-state index is 4.27. The third-order valence-electron chi connectivity index (χ3n) is 3.20. The Hall–Kier alpha value is -0.190. The van der Waals surface area contributed by atoms with Crippen LogP contribution in [0.1, 0.15) is 6.42 Å². The standard InChI is InChI=1S/C13H19BrN2S/c14-12-4-1-2-5-13(12)16-9-7-15(8-10-16)6-3-11-17/h1-2,4-5,17H,3,6-11H2. The van der Waals surface area contributed by atoms with Crippen molar-refractivity contribution in [1.29, 1.82) is 0 Å². The average molecular weight is 315 g/mol. The van der Waals surface area contributed by atoms with E-state index in [9.17, 15) is 0 Å². The molecule has 4 heteroatoms. The molecule has 1 fully saturated rings. The van der Waals surface area contributed by atoms with Crippen LogP contribution in [0.2, 0.25) is 0 Å². The molecule has 0 aliphatic carbocycles. The van der Waals surface area contributed by atoms with E-state index in [0.717, 1.165) is 31.9 Å². The van der Waals surface area contributed by atoms with Crippen molar-refractivity contribution in [2.45, 2.75) is 6.42 Å². The van der Waals surface area contributed by atoms with Gasteiger partial charge in [0.25, 0.3) is 0 Å². The molecule has 0 unspecified atom stereocenters. The van der Waals surface area contributed by atoms with Crippen LogP contribution in [0.4, 0.5) is 5.69 Å². The molecule has 0 atom stereocenters. The number of hydrogen-bond donors (Lipinski definition) is 1. The van der Waals surface area contributed by atoms with E-state index in [2.05, 4.69) is 62.6 Å². The van der Waals surface area contributed by atoms with Gasteiger partial charge in [0, 0.05) is 30.7 Å². The molecule has 17 heavy (non-hydrogen) atoms. The first-order valence-electron chi connectivity index (χ1n) is 6.14. The molecule has 1 aromatic rings. The van der Waals surface area contributed by atoms with Gasteiger partial charge in [-0.3, -0.25) is 4.90 Å². The number of hydrogen-bond acceptors (Lipinski definition) is 3. The first-order valence-corrected chi connectivity index (χ1v) is 7.56. The second-order valence-corrected chi connectivity index (χ2v) is 5.66. The van der Waals surface area contributed by atoms with Crippen molar-refractivity contribution in [3.05, 3.63) is 28.7 Å². The highest BCUT2D eigenvalue weighted by atomic mass is 79.9. The summed E-state index contributed by atoms with van der Waals surface area (Å²) in [7, 11) is 0. The molecular weight excluding hydrogens is 296 g/mol. The van der Waals surface area contributed by atoms with E-state index in [-0.39, 0.29) is 0 Å². The van der Waals surface area contributed by atoms with Crippen LogP contribution in [0.5, 0.6) is 0 Å². The summed E-state index contributed by atoms with van der Waals surface area (Å²) in [4.78, 5) is 4.99. The molecule has 1 heterocycles. The number of halogens is 1. The highest BCUT2D eigenvalue weighted by Gasteiger charge is 2.17. The molecule has 1 saturated heterocycles. The van der Waals surface area contributed by atoms with Gasteiger partial charge in [-0.2, -0.15) is 12.6 Å². The van der Waals surface area contributed by atoms with Crippen LogP contribution >= 0.6 is 28.6 Å². The van der Waals surface area contributed by atoms with Crippen molar-refractivity contribution < 1.29 is 0 Å². The van der Waals surface area contributed by atoms with Crippen LogP contribution < -0.4 is 4.90 Å². The molecule has 1 aliphatic rings. The Bertz CT molecular complexity index is 351. The summed E-state index contributed by atoms with van der Waals surface area (Å²) in [6.07, 6.45) is 1.19. The first kappa shape index (κ1) is 13.2. The molecule has 0 N–H and O–H groups in total. The first-order chi connectivity index (χ1) is 8.31. The molecule has 0 saturated carbocycles. The number of piperazine rings is 1. The molecule has 94 valence electrons. The average Bonchev–Trinajstić information content (AvgIpc) is 2.38. The van der Waals surface area contributed by atoms with Crippen molar-refractivity contribution in [1.82, 2.24) is 4.90 Å². The Balaban J connectivity index is 1.89. The monoisotopic (exact) mass is 314 g/mol. The van der Waals surface area contributed by atoms with E-state index in [1.165, 1.54) is 23.1 Å². The van der Waals surface area contributed by atoms with Crippen LogP contribution in [0.25, 0.3) is 0 Å². The summed E-state index contributed by atoms with van der Waals surface area (Å²) in [6, 6.07) is 8.47. The maximum Gasteiger partial charge on any atom is 0.0511 e. The SMILES string of the molecule is SCCCN1CCN(c2ccccc2Br)CC1. The van der Waals surface area contributed by atoms with E-state index in [1.54, 1.807) is 0 Å². The minimum absolute atomic E-state index is 0.991. The summed E-state index contributed by atoms with van der Waals surface area (Å²) in [5, 5.41) is 0. The quantitative estimate of drug-likeness (QED) is 0.854.